The largest absolute Gasteiger partial charge is 0.347 e. The van der Waals surface area contributed by atoms with Crippen molar-refractivity contribution < 1.29 is 9.59 Å². The number of hydrogen-bond acceptors (Lipinski definition) is 5. The summed E-state index contributed by atoms with van der Waals surface area (Å²) in [7, 11) is 1.80. The number of aromatic nitrogens is 5. The number of carbonyl (C=O) groups is 2. The van der Waals surface area contributed by atoms with E-state index in [4.69, 9.17) is 0 Å². The van der Waals surface area contributed by atoms with Gasteiger partial charge in [-0.05, 0) is 17.2 Å². The van der Waals surface area contributed by atoms with Crippen molar-refractivity contribution in [2.24, 2.45) is 7.05 Å². The smallest absolute Gasteiger partial charge is 0.290 e. The van der Waals surface area contributed by atoms with Crippen LogP contribution >= 0.6 is 0 Å². The number of amides is 2. The van der Waals surface area contributed by atoms with E-state index >= 15 is 0 Å². The third-order valence-corrected chi connectivity index (χ3v) is 5.74. The molecular weight excluding hydrogens is 418 g/mol. The van der Waals surface area contributed by atoms with Crippen LogP contribution in [0.15, 0.2) is 73.4 Å². The fraction of sp³-hybridized carbons (Fsp3) is 0.208. The molecule has 1 N–H and O–H groups in total. The van der Waals surface area contributed by atoms with Crippen molar-refractivity contribution in [3.8, 4) is 0 Å². The van der Waals surface area contributed by atoms with Crippen LogP contribution in [0.3, 0.4) is 0 Å². The second-order valence-corrected chi connectivity index (χ2v) is 7.90. The van der Waals surface area contributed by atoms with Crippen molar-refractivity contribution in [1.29, 1.82) is 0 Å². The van der Waals surface area contributed by atoms with E-state index < -0.39 is 6.04 Å². The van der Waals surface area contributed by atoms with Gasteiger partial charge in [-0.15, -0.1) is 0 Å². The Morgan fingerprint density at radius 3 is 2.67 bits per heavy atom. The molecule has 0 bridgehead atoms. The van der Waals surface area contributed by atoms with Crippen LogP contribution in [0.1, 0.15) is 44.1 Å². The summed E-state index contributed by atoms with van der Waals surface area (Å²) >= 11 is 0. The van der Waals surface area contributed by atoms with Gasteiger partial charge >= 0.3 is 0 Å². The highest BCUT2D eigenvalue weighted by atomic mass is 16.2. The first-order valence-electron chi connectivity index (χ1n) is 10.7. The molecule has 9 nitrogen and oxygen atoms in total. The predicted octanol–water partition coefficient (Wildman–Crippen LogP) is 2.19. The van der Waals surface area contributed by atoms with Crippen LogP contribution < -0.4 is 5.32 Å². The van der Waals surface area contributed by atoms with Gasteiger partial charge in [0, 0.05) is 57.7 Å². The molecule has 33 heavy (non-hydrogen) atoms. The summed E-state index contributed by atoms with van der Waals surface area (Å²) in [4.78, 5) is 41.0. The summed E-state index contributed by atoms with van der Waals surface area (Å²) < 4.78 is 3.67. The number of imidazole rings is 2. The Balaban J connectivity index is 1.46. The molecule has 9 heteroatoms. The first-order chi connectivity index (χ1) is 16.1. The van der Waals surface area contributed by atoms with E-state index in [1.54, 1.807) is 47.5 Å². The van der Waals surface area contributed by atoms with Crippen molar-refractivity contribution in [3.63, 3.8) is 0 Å². The van der Waals surface area contributed by atoms with Gasteiger partial charge in [0.2, 0.25) is 0 Å². The third-order valence-electron chi connectivity index (χ3n) is 5.74. The van der Waals surface area contributed by atoms with Crippen LogP contribution in [-0.4, -0.2) is 47.3 Å². The van der Waals surface area contributed by atoms with E-state index in [-0.39, 0.29) is 11.8 Å². The van der Waals surface area contributed by atoms with Gasteiger partial charge in [0.25, 0.3) is 11.8 Å². The van der Waals surface area contributed by atoms with Crippen molar-refractivity contribution in [2.75, 3.05) is 6.54 Å². The molecule has 4 aromatic rings. The minimum absolute atomic E-state index is 0.173. The Bertz CT molecular complexity index is 1280. The molecule has 0 saturated carbocycles. The standard InChI is InChI=1S/C24H23N7O2/c1-29-11-10-26-22(29)24(33)31-13-12-30-16-19(23(32)27-15-17-6-5-9-25-14-17)28-21(30)20(31)18-7-3-2-4-8-18/h2-11,14,16,20H,12-13,15H2,1H3,(H,27,32). The Labute approximate surface area is 190 Å². The molecule has 1 aromatic carbocycles. The van der Waals surface area contributed by atoms with Gasteiger partial charge in [0.05, 0.1) is 0 Å². The van der Waals surface area contributed by atoms with Gasteiger partial charge in [-0.3, -0.25) is 14.6 Å². The lowest BCUT2D eigenvalue weighted by Crippen LogP contribution is -2.43. The first kappa shape index (κ1) is 20.6. The maximum atomic E-state index is 13.4. The quantitative estimate of drug-likeness (QED) is 0.512. The predicted molar refractivity (Wildman–Crippen MR) is 120 cm³/mol. The van der Waals surface area contributed by atoms with Crippen LogP contribution in [0.25, 0.3) is 0 Å². The molecule has 4 heterocycles. The monoisotopic (exact) mass is 441 g/mol. The Kier molecular flexibility index (Phi) is 5.43. The van der Waals surface area contributed by atoms with E-state index in [2.05, 4.69) is 20.3 Å². The number of hydrogen-bond donors (Lipinski definition) is 1. The summed E-state index contributed by atoms with van der Waals surface area (Å²) in [5.41, 5.74) is 2.15. The highest BCUT2D eigenvalue weighted by Gasteiger charge is 2.36. The number of nitrogens with one attached hydrogen (secondary N) is 1. The summed E-state index contributed by atoms with van der Waals surface area (Å²) in [5.74, 6) is 0.578. The zero-order valence-corrected chi connectivity index (χ0v) is 18.1. The molecule has 0 fully saturated rings. The number of carbonyl (C=O) groups excluding carboxylic acids is 2. The fourth-order valence-electron chi connectivity index (χ4n) is 4.08. The highest BCUT2D eigenvalue weighted by Crippen LogP contribution is 2.32. The Hall–Kier alpha value is -4.27. The van der Waals surface area contributed by atoms with E-state index in [1.807, 2.05) is 47.0 Å². The average Bonchev–Trinajstić information content (AvgIpc) is 3.49. The van der Waals surface area contributed by atoms with Crippen molar-refractivity contribution >= 4 is 11.8 Å². The number of fused-ring (bicyclic) bond motifs is 1. The molecule has 1 atom stereocenters. The summed E-state index contributed by atoms with van der Waals surface area (Å²) in [6.07, 6.45) is 8.52. The number of rotatable bonds is 5. The lowest BCUT2D eigenvalue weighted by molar-refractivity contribution is 0.0642. The van der Waals surface area contributed by atoms with E-state index in [0.717, 1.165) is 11.1 Å². The van der Waals surface area contributed by atoms with Crippen LogP contribution in [-0.2, 0) is 20.1 Å². The zero-order chi connectivity index (χ0) is 22.8. The molecule has 166 valence electrons. The second kappa shape index (κ2) is 8.70. The Morgan fingerprint density at radius 2 is 1.94 bits per heavy atom. The molecule has 1 unspecified atom stereocenters. The van der Waals surface area contributed by atoms with E-state index in [0.29, 0.717) is 37.0 Å². The molecular formula is C24H23N7O2. The molecule has 0 aliphatic carbocycles. The number of benzene rings is 1. The van der Waals surface area contributed by atoms with Crippen LogP contribution in [0.4, 0.5) is 0 Å². The summed E-state index contributed by atoms with van der Waals surface area (Å²) in [6.45, 7) is 1.38. The lowest BCUT2D eigenvalue weighted by Gasteiger charge is -2.36. The minimum Gasteiger partial charge on any atom is -0.347 e. The third kappa shape index (κ3) is 4.00. The second-order valence-electron chi connectivity index (χ2n) is 7.90. The SMILES string of the molecule is Cn1ccnc1C(=O)N1CCn2cc(C(=O)NCc3cccnc3)nc2C1c1ccccc1. The molecule has 1 aliphatic rings. The molecule has 0 radical (unpaired) electrons. The van der Waals surface area contributed by atoms with E-state index in [9.17, 15) is 9.59 Å². The minimum atomic E-state index is -0.427. The van der Waals surface area contributed by atoms with E-state index in [1.165, 1.54) is 0 Å². The topological polar surface area (TPSA) is 97.9 Å². The molecule has 2 amide bonds. The van der Waals surface area contributed by atoms with Gasteiger partial charge in [0.1, 0.15) is 17.6 Å². The number of pyridine rings is 1. The molecule has 0 saturated heterocycles. The highest BCUT2D eigenvalue weighted by molar-refractivity contribution is 5.93. The van der Waals surface area contributed by atoms with Crippen LogP contribution in [0.2, 0.25) is 0 Å². The average molecular weight is 441 g/mol. The number of nitrogens with zero attached hydrogens (tertiary/aromatic N) is 6. The first-order valence-corrected chi connectivity index (χ1v) is 10.7. The van der Waals surface area contributed by atoms with Crippen molar-refractivity contribution in [1.82, 2.24) is 34.3 Å². The normalized spacial score (nSPS) is 15.2. The zero-order valence-electron chi connectivity index (χ0n) is 18.1. The summed E-state index contributed by atoms with van der Waals surface area (Å²) in [5, 5.41) is 2.89. The summed E-state index contributed by atoms with van der Waals surface area (Å²) in [6, 6.07) is 13.0. The van der Waals surface area contributed by atoms with Gasteiger partial charge in [0.15, 0.2) is 5.82 Å². The van der Waals surface area contributed by atoms with Crippen molar-refractivity contribution in [2.45, 2.75) is 19.1 Å². The maximum absolute atomic E-state index is 13.4. The van der Waals surface area contributed by atoms with Crippen LogP contribution in [0, 0.1) is 0 Å². The molecule has 5 rings (SSSR count). The fourth-order valence-corrected chi connectivity index (χ4v) is 4.08. The lowest BCUT2D eigenvalue weighted by atomic mass is 10.0. The molecule has 0 spiro atoms. The van der Waals surface area contributed by atoms with Gasteiger partial charge < -0.3 is 19.4 Å². The maximum Gasteiger partial charge on any atom is 0.290 e. The van der Waals surface area contributed by atoms with Crippen molar-refractivity contribution in [3.05, 3.63) is 102 Å². The number of aryl methyl sites for hydroxylation is 1. The molecule has 1 aliphatic heterocycles. The Morgan fingerprint density at radius 1 is 1.09 bits per heavy atom. The van der Waals surface area contributed by atoms with Gasteiger partial charge in [-0.25, -0.2) is 9.97 Å². The van der Waals surface area contributed by atoms with Gasteiger partial charge in [-0.1, -0.05) is 36.4 Å². The van der Waals surface area contributed by atoms with Crippen LogP contribution in [0.5, 0.6) is 0 Å². The molecule has 3 aromatic heterocycles. The van der Waals surface area contributed by atoms with Gasteiger partial charge in [-0.2, -0.15) is 0 Å².